The van der Waals surface area contributed by atoms with Crippen molar-refractivity contribution in [2.75, 3.05) is 13.2 Å². The fraction of sp³-hybridized carbons (Fsp3) is 0.625. The van der Waals surface area contributed by atoms with Crippen LogP contribution in [0.2, 0.25) is 5.02 Å². The van der Waals surface area contributed by atoms with Crippen molar-refractivity contribution in [3.8, 4) is 0 Å². The first-order valence-corrected chi connectivity index (χ1v) is 11.6. The number of carbonyl (C=O) groups excluding carboxylic acids is 3. The van der Waals surface area contributed by atoms with Crippen LogP contribution in [0.15, 0.2) is 24.3 Å². The molecule has 0 aromatic heterocycles. The molecule has 1 aromatic rings. The highest BCUT2D eigenvalue weighted by molar-refractivity contribution is 6.30. The van der Waals surface area contributed by atoms with Gasteiger partial charge in [0.15, 0.2) is 0 Å². The van der Waals surface area contributed by atoms with Crippen molar-refractivity contribution in [1.82, 2.24) is 15.5 Å². The second-order valence-electron chi connectivity index (χ2n) is 10.6. The minimum Gasteiger partial charge on any atom is -0.444 e. The molecule has 4 atom stereocenters. The minimum absolute atomic E-state index is 0.0413. The SMILES string of the molecule is CC(C)(C)OC(=O)N[C@H](C(=O)N1C[C@H](O)C[C@H]1C(=O)N[C@@H](CO)c1ccc(Cl)cc1)C(C)(C)C. The lowest BCUT2D eigenvalue weighted by molar-refractivity contribution is -0.142. The van der Waals surface area contributed by atoms with Crippen LogP contribution in [0.4, 0.5) is 4.79 Å². The number of hydrogen-bond donors (Lipinski definition) is 4. The summed E-state index contributed by atoms with van der Waals surface area (Å²) in [6.45, 7) is 10.1. The van der Waals surface area contributed by atoms with E-state index in [1.807, 2.05) is 0 Å². The van der Waals surface area contributed by atoms with Crippen LogP contribution in [-0.2, 0) is 14.3 Å². The van der Waals surface area contributed by atoms with Gasteiger partial charge in [0.05, 0.1) is 18.8 Å². The first-order valence-electron chi connectivity index (χ1n) is 11.3. The molecule has 190 valence electrons. The first kappa shape index (κ1) is 27.9. The molecule has 1 saturated heterocycles. The van der Waals surface area contributed by atoms with Crippen molar-refractivity contribution in [3.63, 3.8) is 0 Å². The monoisotopic (exact) mass is 497 g/mol. The van der Waals surface area contributed by atoms with E-state index >= 15 is 0 Å². The van der Waals surface area contributed by atoms with Crippen molar-refractivity contribution in [1.29, 1.82) is 0 Å². The van der Waals surface area contributed by atoms with Crippen molar-refractivity contribution in [2.45, 2.75) is 77.8 Å². The fourth-order valence-corrected chi connectivity index (χ4v) is 3.87. The quantitative estimate of drug-likeness (QED) is 0.477. The molecule has 1 fully saturated rings. The molecule has 0 unspecified atom stereocenters. The summed E-state index contributed by atoms with van der Waals surface area (Å²) in [4.78, 5) is 40.3. The van der Waals surface area contributed by atoms with Gasteiger partial charge in [-0.1, -0.05) is 44.5 Å². The van der Waals surface area contributed by atoms with E-state index in [2.05, 4.69) is 10.6 Å². The van der Waals surface area contributed by atoms with Gasteiger partial charge >= 0.3 is 6.09 Å². The van der Waals surface area contributed by atoms with Crippen LogP contribution >= 0.6 is 11.6 Å². The molecule has 1 aromatic carbocycles. The Hall–Kier alpha value is -2.36. The number of nitrogens with zero attached hydrogens (tertiary/aromatic N) is 1. The molecule has 9 nitrogen and oxygen atoms in total. The Morgan fingerprint density at radius 2 is 1.71 bits per heavy atom. The summed E-state index contributed by atoms with van der Waals surface area (Å²) in [5.41, 5.74) is -0.793. The molecule has 0 aliphatic carbocycles. The molecule has 34 heavy (non-hydrogen) atoms. The van der Waals surface area contributed by atoms with Crippen molar-refractivity contribution >= 4 is 29.5 Å². The van der Waals surface area contributed by atoms with Gasteiger partial charge in [0, 0.05) is 18.0 Å². The number of aliphatic hydroxyl groups is 2. The van der Waals surface area contributed by atoms with E-state index in [1.54, 1.807) is 65.8 Å². The maximum absolute atomic E-state index is 13.5. The third kappa shape index (κ3) is 7.58. The van der Waals surface area contributed by atoms with Gasteiger partial charge in [-0.05, 0) is 43.9 Å². The Kier molecular flexibility index (Phi) is 8.96. The zero-order valence-corrected chi connectivity index (χ0v) is 21.3. The van der Waals surface area contributed by atoms with Crippen LogP contribution in [-0.4, -0.2) is 70.0 Å². The largest absolute Gasteiger partial charge is 0.444 e. The molecular formula is C24H36ClN3O6. The molecule has 1 heterocycles. The molecular weight excluding hydrogens is 462 g/mol. The Morgan fingerprint density at radius 3 is 2.21 bits per heavy atom. The summed E-state index contributed by atoms with van der Waals surface area (Å²) in [6.07, 6.45) is -1.60. The lowest BCUT2D eigenvalue weighted by Crippen LogP contribution is -2.58. The molecule has 0 bridgehead atoms. The topological polar surface area (TPSA) is 128 Å². The van der Waals surface area contributed by atoms with Crippen molar-refractivity contribution in [2.24, 2.45) is 5.41 Å². The molecule has 1 aliphatic heterocycles. The third-order valence-corrected chi connectivity index (χ3v) is 5.66. The van der Waals surface area contributed by atoms with E-state index < -0.39 is 53.2 Å². The van der Waals surface area contributed by atoms with Gasteiger partial charge in [-0.15, -0.1) is 0 Å². The second kappa shape index (κ2) is 10.9. The van der Waals surface area contributed by atoms with Gasteiger partial charge in [-0.3, -0.25) is 9.59 Å². The summed E-state index contributed by atoms with van der Waals surface area (Å²) in [5, 5.41) is 26.0. The minimum atomic E-state index is -0.993. The predicted octanol–water partition coefficient (Wildman–Crippen LogP) is 2.39. The van der Waals surface area contributed by atoms with Crippen molar-refractivity contribution in [3.05, 3.63) is 34.9 Å². The number of hydrogen-bond acceptors (Lipinski definition) is 6. The Bertz CT molecular complexity index is 878. The Balaban J connectivity index is 2.21. The summed E-state index contributed by atoms with van der Waals surface area (Å²) < 4.78 is 5.31. The third-order valence-electron chi connectivity index (χ3n) is 5.41. The molecule has 0 spiro atoms. The molecule has 10 heteroatoms. The van der Waals surface area contributed by atoms with E-state index in [-0.39, 0.29) is 19.6 Å². The van der Waals surface area contributed by atoms with Gasteiger partial charge in [-0.2, -0.15) is 0 Å². The highest BCUT2D eigenvalue weighted by Gasteiger charge is 2.45. The first-order chi connectivity index (χ1) is 15.6. The number of halogens is 1. The van der Waals surface area contributed by atoms with Crippen LogP contribution in [0.1, 0.15) is 59.6 Å². The van der Waals surface area contributed by atoms with E-state index in [0.717, 1.165) is 0 Å². The highest BCUT2D eigenvalue weighted by atomic mass is 35.5. The number of likely N-dealkylation sites (tertiary alicyclic amines) is 1. The van der Waals surface area contributed by atoms with E-state index in [4.69, 9.17) is 16.3 Å². The maximum atomic E-state index is 13.5. The van der Waals surface area contributed by atoms with Gasteiger partial charge < -0.3 is 30.5 Å². The number of amides is 3. The molecule has 0 radical (unpaired) electrons. The number of carbonyl (C=O) groups is 3. The predicted molar refractivity (Wildman–Crippen MR) is 128 cm³/mol. The normalized spacial score (nSPS) is 20.4. The molecule has 3 amide bonds. The number of rotatable bonds is 6. The van der Waals surface area contributed by atoms with Gasteiger partial charge in [-0.25, -0.2) is 4.79 Å². The lowest BCUT2D eigenvalue weighted by atomic mass is 9.85. The van der Waals surface area contributed by atoms with Crippen LogP contribution in [0.5, 0.6) is 0 Å². The number of aliphatic hydroxyl groups excluding tert-OH is 2. The highest BCUT2D eigenvalue weighted by Crippen LogP contribution is 2.27. The van der Waals surface area contributed by atoms with Crippen LogP contribution in [0.3, 0.4) is 0 Å². The number of alkyl carbamates (subject to hydrolysis) is 1. The summed E-state index contributed by atoms with van der Waals surface area (Å²) in [5.74, 6) is -1.01. The molecule has 1 aliphatic rings. The zero-order valence-electron chi connectivity index (χ0n) is 20.6. The average Bonchev–Trinajstić information content (AvgIpc) is 3.10. The Labute approximate surface area is 205 Å². The Morgan fingerprint density at radius 1 is 1.12 bits per heavy atom. The lowest BCUT2D eigenvalue weighted by Gasteiger charge is -2.36. The van der Waals surface area contributed by atoms with E-state index in [0.29, 0.717) is 10.6 Å². The molecule has 4 N–H and O–H groups in total. The van der Waals surface area contributed by atoms with Crippen LogP contribution in [0, 0.1) is 5.41 Å². The fourth-order valence-electron chi connectivity index (χ4n) is 3.74. The summed E-state index contributed by atoms with van der Waals surface area (Å²) >= 11 is 5.92. The van der Waals surface area contributed by atoms with Crippen LogP contribution < -0.4 is 10.6 Å². The van der Waals surface area contributed by atoms with Gasteiger partial charge in [0.2, 0.25) is 11.8 Å². The number of nitrogens with one attached hydrogen (secondary N) is 2. The van der Waals surface area contributed by atoms with E-state index in [9.17, 15) is 24.6 Å². The smallest absolute Gasteiger partial charge is 0.408 e. The average molecular weight is 498 g/mol. The number of β-amino-alcohol motifs (C(OH)–C–C–N with tert-alkyl or cyclic N) is 1. The standard InChI is InChI=1S/C24H36ClN3O6/c1-23(2,3)19(27-22(33)34-24(4,5)6)21(32)28-12-16(30)11-18(28)20(31)26-17(13-29)14-7-9-15(25)10-8-14/h7-10,16-19,29-30H,11-13H2,1-6H3,(H,26,31)(H,27,33)/t16-,17+,18+,19-/m1/s1. The van der Waals surface area contributed by atoms with Crippen LogP contribution in [0.25, 0.3) is 0 Å². The van der Waals surface area contributed by atoms with Gasteiger partial charge in [0.25, 0.3) is 0 Å². The molecule has 0 saturated carbocycles. The summed E-state index contributed by atoms with van der Waals surface area (Å²) in [6, 6.07) is 4.01. The molecule has 2 rings (SSSR count). The number of benzene rings is 1. The van der Waals surface area contributed by atoms with E-state index in [1.165, 1.54) is 4.90 Å². The summed E-state index contributed by atoms with van der Waals surface area (Å²) in [7, 11) is 0. The zero-order chi connectivity index (χ0) is 25.8. The maximum Gasteiger partial charge on any atom is 0.408 e. The van der Waals surface area contributed by atoms with Crippen molar-refractivity contribution < 1.29 is 29.3 Å². The number of ether oxygens (including phenoxy) is 1. The second-order valence-corrected chi connectivity index (χ2v) is 11.1. The van der Waals surface area contributed by atoms with Gasteiger partial charge in [0.1, 0.15) is 17.7 Å².